The van der Waals surface area contributed by atoms with Crippen LogP contribution in [0.25, 0.3) is 17.1 Å². The lowest BCUT2D eigenvalue weighted by atomic mass is 10.1. The van der Waals surface area contributed by atoms with Crippen LogP contribution in [-0.2, 0) is 0 Å². The zero-order valence-electron chi connectivity index (χ0n) is 9.99. The van der Waals surface area contributed by atoms with E-state index in [4.69, 9.17) is 0 Å². The molecule has 0 spiro atoms. The molecule has 2 aromatic heterocycles. The summed E-state index contributed by atoms with van der Waals surface area (Å²) in [6, 6.07) is 10.1. The monoisotopic (exact) mass is 236 g/mol. The van der Waals surface area contributed by atoms with Gasteiger partial charge in [-0.15, -0.1) is 0 Å². The van der Waals surface area contributed by atoms with Gasteiger partial charge in [-0.05, 0) is 12.5 Å². The lowest BCUT2D eigenvalue weighted by Gasteiger charge is -1.98. The molecule has 0 bridgehead atoms. The van der Waals surface area contributed by atoms with Gasteiger partial charge in [0.25, 0.3) is 0 Å². The number of nitrogens with zero attached hydrogens (tertiary/aromatic N) is 4. The van der Waals surface area contributed by atoms with Gasteiger partial charge in [0, 0.05) is 24.2 Å². The van der Waals surface area contributed by atoms with Crippen molar-refractivity contribution in [3.8, 4) is 17.1 Å². The second kappa shape index (κ2) is 4.41. The Balaban J connectivity index is 2.07. The first-order chi connectivity index (χ1) is 8.84. The van der Waals surface area contributed by atoms with Crippen LogP contribution in [0, 0.1) is 6.92 Å². The van der Waals surface area contributed by atoms with Crippen LogP contribution in [0.4, 0.5) is 0 Å². The van der Waals surface area contributed by atoms with Crippen LogP contribution in [-0.4, -0.2) is 19.7 Å². The highest BCUT2D eigenvalue weighted by Gasteiger charge is 2.08. The third-order valence-corrected chi connectivity index (χ3v) is 2.73. The third kappa shape index (κ3) is 1.88. The second-order valence-corrected chi connectivity index (χ2v) is 4.03. The normalized spacial score (nSPS) is 10.5. The predicted octanol–water partition coefficient (Wildman–Crippen LogP) is 2.64. The van der Waals surface area contributed by atoms with Crippen molar-refractivity contribution in [1.82, 2.24) is 19.7 Å². The van der Waals surface area contributed by atoms with E-state index >= 15 is 0 Å². The molecule has 0 unspecified atom stereocenters. The largest absolute Gasteiger partial charge is 0.259 e. The van der Waals surface area contributed by atoms with Crippen LogP contribution in [0.5, 0.6) is 0 Å². The van der Waals surface area contributed by atoms with Crippen molar-refractivity contribution in [3.05, 3.63) is 60.7 Å². The number of hydrogen-bond acceptors (Lipinski definition) is 3. The Kier molecular flexibility index (Phi) is 2.61. The quantitative estimate of drug-likeness (QED) is 0.687. The van der Waals surface area contributed by atoms with Gasteiger partial charge in [0.2, 0.25) is 0 Å². The molecular formula is C14H12N4. The molecule has 0 saturated carbocycles. The van der Waals surface area contributed by atoms with Crippen molar-refractivity contribution < 1.29 is 0 Å². The predicted molar refractivity (Wildman–Crippen MR) is 69.3 cm³/mol. The van der Waals surface area contributed by atoms with E-state index in [1.165, 1.54) is 0 Å². The number of benzene rings is 1. The highest BCUT2D eigenvalue weighted by molar-refractivity contribution is 5.62. The summed E-state index contributed by atoms with van der Waals surface area (Å²) in [7, 11) is 0. The van der Waals surface area contributed by atoms with Crippen LogP contribution in [0.2, 0.25) is 0 Å². The van der Waals surface area contributed by atoms with E-state index < -0.39 is 0 Å². The number of aryl methyl sites for hydroxylation is 1. The van der Waals surface area contributed by atoms with Crippen LogP contribution >= 0.6 is 0 Å². The Morgan fingerprint density at radius 2 is 1.89 bits per heavy atom. The van der Waals surface area contributed by atoms with Gasteiger partial charge < -0.3 is 0 Å². The average molecular weight is 236 g/mol. The van der Waals surface area contributed by atoms with E-state index in [0.29, 0.717) is 0 Å². The van der Waals surface area contributed by atoms with Gasteiger partial charge in [0.05, 0.1) is 11.9 Å². The summed E-state index contributed by atoms with van der Waals surface area (Å²) in [5.74, 6) is 0.725. The molecule has 0 atom stereocenters. The fourth-order valence-electron chi connectivity index (χ4n) is 1.87. The van der Waals surface area contributed by atoms with Crippen molar-refractivity contribution in [3.63, 3.8) is 0 Å². The van der Waals surface area contributed by atoms with E-state index in [1.807, 2.05) is 31.3 Å². The molecule has 4 heteroatoms. The van der Waals surface area contributed by atoms with Crippen molar-refractivity contribution in [1.29, 1.82) is 0 Å². The summed E-state index contributed by atoms with van der Waals surface area (Å²) in [5.41, 5.74) is 3.20. The van der Waals surface area contributed by atoms with Gasteiger partial charge in [0.1, 0.15) is 0 Å². The van der Waals surface area contributed by atoms with Crippen molar-refractivity contribution in [2.24, 2.45) is 0 Å². The van der Waals surface area contributed by atoms with Crippen molar-refractivity contribution >= 4 is 0 Å². The zero-order chi connectivity index (χ0) is 12.4. The van der Waals surface area contributed by atoms with Crippen molar-refractivity contribution in [2.75, 3.05) is 0 Å². The van der Waals surface area contributed by atoms with Crippen LogP contribution in [0.15, 0.2) is 55.1 Å². The lowest BCUT2D eigenvalue weighted by Crippen LogP contribution is -1.98. The van der Waals surface area contributed by atoms with E-state index in [0.717, 1.165) is 22.6 Å². The second-order valence-electron chi connectivity index (χ2n) is 4.03. The van der Waals surface area contributed by atoms with Crippen LogP contribution < -0.4 is 0 Å². The Bertz CT molecular complexity index is 644. The smallest absolute Gasteiger partial charge is 0.171 e. The highest BCUT2D eigenvalue weighted by Crippen LogP contribution is 2.21. The van der Waals surface area contributed by atoms with E-state index in [1.54, 1.807) is 23.3 Å². The molecule has 0 radical (unpaired) electrons. The molecule has 4 nitrogen and oxygen atoms in total. The van der Waals surface area contributed by atoms with E-state index in [2.05, 4.69) is 27.2 Å². The molecule has 18 heavy (non-hydrogen) atoms. The zero-order valence-corrected chi connectivity index (χ0v) is 9.99. The standard InChI is InChI=1S/C14H12N4/c1-11-10-18(13-9-15-7-8-16-13)17-14(11)12-5-3-2-4-6-12/h2-10H,1H3. The fourth-order valence-corrected chi connectivity index (χ4v) is 1.87. The van der Waals surface area contributed by atoms with Gasteiger partial charge in [-0.3, -0.25) is 4.98 Å². The summed E-state index contributed by atoms with van der Waals surface area (Å²) in [6.45, 7) is 2.04. The summed E-state index contributed by atoms with van der Waals surface area (Å²) in [4.78, 5) is 8.28. The summed E-state index contributed by atoms with van der Waals surface area (Å²) < 4.78 is 1.75. The molecular weight excluding hydrogens is 224 g/mol. The SMILES string of the molecule is Cc1cn(-c2cnccn2)nc1-c1ccccc1. The molecule has 0 fully saturated rings. The lowest BCUT2D eigenvalue weighted by molar-refractivity contribution is 0.840. The van der Waals surface area contributed by atoms with Crippen molar-refractivity contribution in [2.45, 2.75) is 6.92 Å². The molecule has 0 aliphatic carbocycles. The maximum atomic E-state index is 4.56. The van der Waals surface area contributed by atoms with E-state index in [-0.39, 0.29) is 0 Å². The minimum Gasteiger partial charge on any atom is -0.259 e. The van der Waals surface area contributed by atoms with Gasteiger partial charge in [-0.1, -0.05) is 30.3 Å². The van der Waals surface area contributed by atoms with Gasteiger partial charge in [-0.2, -0.15) is 5.10 Å². The minimum absolute atomic E-state index is 0.725. The summed E-state index contributed by atoms with van der Waals surface area (Å²) in [6.07, 6.45) is 6.97. The topological polar surface area (TPSA) is 43.6 Å². The number of hydrogen-bond donors (Lipinski definition) is 0. The van der Waals surface area contributed by atoms with Gasteiger partial charge in [0.15, 0.2) is 5.82 Å². The molecule has 0 aliphatic rings. The highest BCUT2D eigenvalue weighted by atomic mass is 15.3. The molecule has 0 aliphatic heterocycles. The molecule has 2 heterocycles. The Labute approximate surface area is 105 Å². The first-order valence-electron chi connectivity index (χ1n) is 5.72. The maximum Gasteiger partial charge on any atom is 0.171 e. The Morgan fingerprint density at radius 3 is 2.61 bits per heavy atom. The summed E-state index contributed by atoms with van der Waals surface area (Å²) >= 11 is 0. The Hall–Kier alpha value is -2.49. The first-order valence-corrected chi connectivity index (χ1v) is 5.72. The third-order valence-electron chi connectivity index (χ3n) is 2.73. The number of aromatic nitrogens is 4. The Morgan fingerprint density at radius 1 is 1.06 bits per heavy atom. The molecule has 0 saturated heterocycles. The van der Waals surface area contributed by atoms with Crippen LogP contribution in [0.3, 0.4) is 0 Å². The maximum absolute atomic E-state index is 4.56. The van der Waals surface area contributed by atoms with Crippen LogP contribution in [0.1, 0.15) is 5.56 Å². The minimum atomic E-state index is 0.725. The van der Waals surface area contributed by atoms with Gasteiger partial charge >= 0.3 is 0 Å². The summed E-state index contributed by atoms with van der Waals surface area (Å²) in [5, 5.41) is 4.56. The molecule has 88 valence electrons. The fraction of sp³-hybridized carbons (Fsp3) is 0.0714. The van der Waals surface area contributed by atoms with E-state index in [9.17, 15) is 0 Å². The molecule has 1 aromatic carbocycles. The first kappa shape index (κ1) is 10.7. The van der Waals surface area contributed by atoms with Gasteiger partial charge in [-0.25, -0.2) is 9.67 Å². The molecule has 0 amide bonds. The molecule has 3 rings (SSSR count). The molecule has 0 N–H and O–H groups in total. The average Bonchev–Trinajstić information content (AvgIpc) is 2.83. The number of rotatable bonds is 2. The molecule has 3 aromatic rings.